The summed E-state index contributed by atoms with van der Waals surface area (Å²) < 4.78 is 39.5. The van der Waals surface area contributed by atoms with Crippen molar-refractivity contribution in [1.82, 2.24) is 0 Å². The molecule has 0 radical (unpaired) electrons. The summed E-state index contributed by atoms with van der Waals surface area (Å²) in [5.41, 5.74) is 0.0554. The Morgan fingerprint density at radius 1 is 1.00 bits per heavy atom. The highest BCUT2D eigenvalue weighted by molar-refractivity contribution is 5.46. The standard InChI is InChI=1S/C14H18F3N/c1-8-3-4-9(2)13(5-8)18-14-7-11(16)10(15)6-12(14)17/h6-9,13,18H,3-5H2,1-2H3. The van der Waals surface area contributed by atoms with Crippen LogP contribution in [0.25, 0.3) is 0 Å². The fourth-order valence-corrected chi connectivity index (χ4v) is 2.57. The van der Waals surface area contributed by atoms with Crippen LogP contribution < -0.4 is 5.32 Å². The van der Waals surface area contributed by atoms with Gasteiger partial charge in [-0.1, -0.05) is 20.3 Å². The maximum absolute atomic E-state index is 13.5. The van der Waals surface area contributed by atoms with Crippen molar-refractivity contribution in [2.24, 2.45) is 11.8 Å². The van der Waals surface area contributed by atoms with Crippen LogP contribution in [0, 0.1) is 29.3 Å². The lowest BCUT2D eigenvalue weighted by Gasteiger charge is -2.34. The van der Waals surface area contributed by atoms with E-state index in [1.807, 2.05) is 0 Å². The van der Waals surface area contributed by atoms with E-state index in [0.717, 1.165) is 18.9 Å². The monoisotopic (exact) mass is 257 g/mol. The zero-order valence-corrected chi connectivity index (χ0v) is 10.6. The van der Waals surface area contributed by atoms with Crippen molar-refractivity contribution < 1.29 is 13.2 Å². The number of anilines is 1. The number of hydrogen-bond acceptors (Lipinski definition) is 1. The minimum Gasteiger partial charge on any atom is -0.380 e. The molecule has 1 aliphatic carbocycles. The van der Waals surface area contributed by atoms with Crippen LogP contribution in [0.2, 0.25) is 0 Å². The molecule has 0 aliphatic heterocycles. The van der Waals surface area contributed by atoms with Crippen LogP contribution in [0.5, 0.6) is 0 Å². The van der Waals surface area contributed by atoms with Gasteiger partial charge in [-0.05, 0) is 24.7 Å². The highest BCUT2D eigenvalue weighted by atomic mass is 19.2. The molecule has 0 bridgehead atoms. The normalized spacial score (nSPS) is 28.2. The molecule has 0 amide bonds. The van der Waals surface area contributed by atoms with Gasteiger partial charge >= 0.3 is 0 Å². The number of rotatable bonds is 2. The lowest BCUT2D eigenvalue weighted by Crippen LogP contribution is -2.33. The second kappa shape index (κ2) is 5.21. The van der Waals surface area contributed by atoms with Crippen LogP contribution in [-0.4, -0.2) is 6.04 Å². The van der Waals surface area contributed by atoms with Gasteiger partial charge in [-0.15, -0.1) is 0 Å². The smallest absolute Gasteiger partial charge is 0.161 e. The molecule has 1 saturated carbocycles. The van der Waals surface area contributed by atoms with Crippen LogP contribution in [0.1, 0.15) is 33.1 Å². The first-order valence-corrected chi connectivity index (χ1v) is 6.38. The van der Waals surface area contributed by atoms with E-state index in [-0.39, 0.29) is 11.7 Å². The fraction of sp³-hybridized carbons (Fsp3) is 0.571. The summed E-state index contributed by atoms with van der Waals surface area (Å²) in [5.74, 6) is -1.92. The van der Waals surface area contributed by atoms with Gasteiger partial charge in [0.1, 0.15) is 5.82 Å². The molecule has 3 unspecified atom stereocenters. The van der Waals surface area contributed by atoms with E-state index in [4.69, 9.17) is 0 Å². The average molecular weight is 257 g/mol. The van der Waals surface area contributed by atoms with Crippen molar-refractivity contribution in [3.05, 3.63) is 29.6 Å². The molecule has 1 N–H and O–H groups in total. The van der Waals surface area contributed by atoms with E-state index in [9.17, 15) is 13.2 Å². The molecule has 1 aliphatic rings. The Hall–Kier alpha value is -1.19. The molecule has 0 aromatic heterocycles. The third kappa shape index (κ3) is 2.79. The second-order valence-electron chi connectivity index (χ2n) is 5.39. The van der Waals surface area contributed by atoms with Gasteiger partial charge in [0.2, 0.25) is 0 Å². The summed E-state index contributed by atoms with van der Waals surface area (Å²) in [7, 11) is 0. The van der Waals surface area contributed by atoms with E-state index in [2.05, 4.69) is 19.2 Å². The zero-order chi connectivity index (χ0) is 13.3. The molecular weight excluding hydrogens is 239 g/mol. The summed E-state index contributed by atoms with van der Waals surface area (Å²) >= 11 is 0. The Kier molecular flexibility index (Phi) is 3.83. The second-order valence-corrected chi connectivity index (χ2v) is 5.39. The summed E-state index contributed by atoms with van der Waals surface area (Å²) in [6.45, 7) is 4.25. The lowest BCUT2D eigenvalue weighted by atomic mass is 9.80. The molecule has 100 valence electrons. The Labute approximate surface area is 105 Å². The topological polar surface area (TPSA) is 12.0 Å². The predicted molar refractivity (Wildman–Crippen MR) is 65.9 cm³/mol. The first-order valence-electron chi connectivity index (χ1n) is 6.38. The highest BCUT2D eigenvalue weighted by Crippen LogP contribution is 2.31. The Bertz CT molecular complexity index is 433. The first-order chi connectivity index (χ1) is 8.47. The summed E-state index contributed by atoms with van der Waals surface area (Å²) in [6.07, 6.45) is 3.17. The van der Waals surface area contributed by atoms with Gasteiger partial charge in [0.05, 0.1) is 5.69 Å². The quantitative estimate of drug-likeness (QED) is 0.777. The van der Waals surface area contributed by atoms with Gasteiger partial charge in [0.15, 0.2) is 11.6 Å². The van der Waals surface area contributed by atoms with Gasteiger partial charge in [-0.3, -0.25) is 0 Å². The van der Waals surface area contributed by atoms with Crippen molar-refractivity contribution in [3.8, 4) is 0 Å². The molecular formula is C14H18F3N. The van der Waals surface area contributed by atoms with Crippen LogP contribution in [0.15, 0.2) is 12.1 Å². The van der Waals surface area contributed by atoms with E-state index >= 15 is 0 Å². The molecule has 1 fully saturated rings. The Balaban J connectivity index is 2.15. The van der Waals surface area contributed by atoms with Crippen molar-refractivity contribution in [2.75, 3.05) is 5.32 Å². The minimum absolute atomic E-state index is 0.0554. The molecule has 0 spiro atoms. The van der Waals surface area contributed by atoms with Crippen molar-refractivity contribution in [2.45, 2.75) is 39.2 Å². The molecule has 1 aromatic carbocycles. The van der Waals surface area contributed by atoms with E-state index in [0.29, 0.717) is 17.9 Å². The first kappa shape index (κ1) is 13.2. The largest absolute Gasteiger partial charge is 0.380 e. The average Bonchev–Trinajstić information content (AvgIpc) is 2.30. The van der Waals surface area contributed by atoms with Crippen molar-refractivity contribution in [1.29, 1.82) is 0 Å². The molecule has 3 atom stereocenters. The zero-order valence-electron chi connectivity index (χ0n) is 10.6. The number of halogens is 3. The molecule has 4 heteroatoms. The van der Waals surface area contributed by atoms with E-state index in [1.54, 1.807) is 0 Å². The number of benzene rings is 1. The van der Waals surface area contributed by atoms with Gasteiger partial charge < -0.3 is 5.32 Å². The number of nitrogens with one attached hydrogen (secondary N) is 1. The predicted octanol–water partition coefficient (Wildman–Crippen LogP) is 4.34. The molecule has 0 saturated heterocycles. The maximum atomic E-state index is 13.5. The summed E-state index contributed by atoms with van der Waals surface area (Å²) in [4.78, 5) is 0. The third-order valence-corrected chi connectivity index (χ3v) is 3.81. The lowest BCUT2D eigenvalue weighted by molar-refractivity contribution is 0.280. The van der Waals surface area contributed by atoms with Gasteiger partial charge in [-0.25, -0.2) is 13.2 Å². The fourth-order valence-electron chi connectivity index (χ4n) is 2.57. The summed E-state index contributed by atoms with van der Waals surface area (Å²) in [6, 6.07) is 1.61. The number of hydrogen-bond donors (Lipinski definition) is 1. The van der Waals surface area contributed by atoms with E-state index < -0.39 is 17.5 Å². The highest BCUT2D eigenvalue weighted by Gasteiger charge is 2.26. The van der Waals surface area contributed by atoms with E-state index in [1.165, 1.54) is 6.42 Å². The van der Waals surface area contributed by atoms with Crippen LogP contribution in [-0.2, 0) is 0 Å². The van der Waals surface area contributed by atoms with Crippen LogP contribution in [0.4, 0.5) is 18.9 Å². The molecule has 18 heavy (non-hydrogen) atoms. The molecule has 1 nitrogen and oxygen atoms in total. The van der Waals surface area contributed by atoms with Gasteiger partial charge in [0, 0.05) is 18.2 Å². The molecule has 1 aromatic rings. The third-order valence-electron chi connectivity index (χ3n) is 3.81. The van der Waals surface area contributed by atoms with Crippen LogP contribution in [0.3, 0.4) is 0 Å². The Morgan fingerprint density at radius 3 is 2.39 bits per heavy atom. The van der Waals surface area contributed by atoms with Gasteiger partial charge in [-0.2, -0.15) is 0 Å². The molecule has 2 rings (SSSR count). The maximum Gasteiger partial charge on any atom is 0.161 e. The molecule has 0 heterocycles. The van der Waals surface area contributed by atoms with Crippen molar-refractivity contribution in [3.63, 3.8) is 0 Å². The van der Waals surface area contributed by atoms with Crippen molar-refractivity contribution >= 4 is 5.69 Å². The SMILES string of the molecule is CC1CCC(C)C(Nc2cc(F)c(F)cc2F)C1. The van der Waals surface area contributed by atoms with Crippen LogP contribution >= 0.6 is 0 Å². The summed E-state index contributed by atoms with van der Waals surface area (Å²) in [5, 5.41) is 3.02. The Morgan fingerprint density at radius 2 is 1.67 bits per heavy atom. The van der Waals surface area contributed by atoms with Gasteiger partial charge in [0.25, 0.3) is 0 Å². The minimum atomic E-state index is -1.15.